The highest BCUT2D eigenvalue weighted by Crippen LogP contribution is 2.43. The standard InChI is InChI=1S/C16H26ClNS/c1-4-15(2,3)12-7-9-16(18,10-8-12)11-13-5-6-14(17)19-13/h5-6,12H,4,7-11,18H2,1-3H3. The van der Waals surface area contributed by atoms with Gasteiger partial charge in [-0.2, -0.15) is 0 Å². The molecule has 1 aromatic heterocycles. The maximum atomic E-state index is 6.61. The largest absolute Gasteiger partial charge is 0.325 e. The van der Waals surface area contributed by atoms with Crippen LogP contribution in [0, 0.1) is 11.3 Å². The van der Waals surface area contributed by atoms with Crippen molar-refractivity contribution in [1.82, 2.24) is 0 Å². The molecule has 0 atom stereocenters. The summed E-state index contributed by atoms with van der Waals surface area (Å²) in [5, 5.41) is 0. The van der Waals surface area contributed by atoms with Crippen molar-refractivity contribution in [2.75, 3.05) is 0 Å². The fourth-order valence-corrected chi connectivity index (χ4v) is 4.48. The Bertz CT molecular complexity index is 416. The monoisotopic (exact) mass is 299 g/mol. The summed E-state index contributed by atoms with van der Waals surface area (Å²) in [5.41, 5.74) is 7.07. The molecular formula is C16H26ClNS. The van der Waals surface area contributed by atoms with Gasteiger partial charge in [0.2, 0.25) is 0 Å². The first-order valence-electron chi connectivity index (χ1n) is 7.38. The zero-order valence-electron chi connectivity index (χ0n) is 12.3. The highest BCUT2D eigenvalue weighted by atomic mass is 35.5. The first-order valence-corrected chi connectivity index (χ1v) is 8.57. The number of hydrogen-bond donors (Lipinski definition) is 1. The Morgan fingerprint density at radius 3 is 2.47 bits per heavy atom. The van der Waals surface area contributed by atoms with Crippen LogP contribution >= 0.6 is 22.9 Å². The maximum Gasteiger partial charge on any atom is 0.0931 e. The third kappa shape index (κ3) is 3.74. The van der Waals surface area contributed by atoms with Crippen LogP contribution in [0.4, 0.5) is 0 Å². The van der Waals surface area contributed by atoms with Crippen molar-refractivity contribution < 1.29 is 0 Å². The normalized spacial score (nSPS) is 28.6. The second-order valence-electron chi connectivity index (χ2n) is 6.86. The Morgan fingerprint density at radius 2 is 2.00 bits per heavy atom. The SMILES string of the molecule is CCC(C)(C)C1CCC(N)(Cc2ccc(Cl)s2)CC1. The van der Waals surface area contributed by atoms with Crippen molar-refractivity contribution in [2.24, 2.45) is 17.1 Å². The van der Waals surface area contributed by atoms with Crippen molar-refractivity contribution in [1.29, 1.82) is 0 Å². The van der Waals surface area contributed by atoms with Crippen LogP contribution in [-0.4, -0.2) is 5.54 Å². The van der Waals surface area contributed by atoms with Gasteiger partial charge in [-0.05, 0) is 55.6 Å². The number of rotatable bonds is 4. The second kappa shape index (κ2) is 5.75. The molecule has 1 fully saturated rings. The van der Waals surface area contributed by atoms with Gasteiger partial charge in [-0.1, -0.05) is 38.8 Å². The summed E-state index contributed by atoms with van der Waals surface area (Å²) < 4.78 is 0.874. The van der Waals surface area contributed by atoms with Gasteiger partial charge in [-0.15, -0.1) is 11.3 Å². The van der Waals surface area contributed by atoms with Crippen LogP contribution in [0.5, 0.6) is 0 Å². The average Bonchev–Trinajstić information content (AvgIpc) is 2.74. The van der Waals surface area contributed by atoms with Crippen molar-refractivity contribution in [3.63, 3.8) is 0 Å². The van der Waals surface area contributed by atoms with Crippen LogP contribution < -0.4 is 5.73 Å². The number of nitrogens with two attached hydrogens (primary N) is 1. The van der Waals surface area contributed by atoms with Gasteiger partial charge in [0.25, 0.3) is 0 Å². The van der Waals surface area contributed by atoms with Crippen molar-refractivity contribution in [3.8, 4) is 0 Å². The second-order valence-corrected chi connectivity index (χ2v) is 8.66. The molecule has 19 heavy (non-hydrogen) atoms. The molecule has 2 rings (SSSR count). The zero-order chi connectivity index (χ0) is 14.1. The van der Waals surface area contributed by atoms with Gasteiger partial charge in [0.05, 0.1) is 4.34 Å². The maximum absolute atomic E-state index is 6.61. The van der Waals surface area contributed by atoms with Gasteiger partial charge >= 0.3 is 0 Å². The van der Waals surface area contributed by atoms with Gasteiger partial charge < -0.3 is 5.73 Å². The Kier molecular flexibility index (Phi) is 4.64. The van der Waals surface area contributed by atoms with E-state index in [1.807, 2.05) is 6.07 Å². The molecule has 1 aliphatic rings. The molecule has 1 heterocycles. The highest BCUT2D eigenvalue weighted by Gasteiger charge is 2.37. The lowest BCUT2D eigenvalue weighted by atomic mass is 9.65. The van der Waals surface area contributed by atoms with Crippen molar-refractivity contribution in [2.45, 2.75) is 64.8 Å². The molecule has 0 saturated heterocycles. The molecular weight excluding hydrogens is 274 g/mol. The van der Waals surface area contributed by atoms with Gasteiger partial charge in [-0.25, -0.2) is 0 Å². The van der Waals surface area contributed by atoms with Crippen LogP contribution in [-0.2, 0) is 6.42 Å². The van der Waals surface area contributed by atoms with E-state index in [2.05, 4.69) is 26.8 Å². The van der Waals surface area contributed by atoms with E-state index in [1.54, 1.807) is 11.3 Å². The minimum absolute atomic E-state index is 0.00545. The molecule has 0 aliphatic heterocycles. The molecule has 1 saturated carbocycles. The third-order valence-electron chi connectivity index (χ3n) is 5.15. The molecule has 0 bridgehead atoms. The smallest absolute Gasteiger partial charge is 0.0931 e. The Balaban J connectivity index is 1.94. The fraction of sp³-hybridized carbons (Fsp3) is 0.750. The number of thiophene rings is 1. The summed E-state index contributed by atoms with van der Waals surface area (Å²) in [6.45, 7) is 7.11. The van der Waals surface area contributed by atoms with E-state index < -0.39 is 0 Å². The summed E-state index contributed by atoms with van der Waals surface area (Å²) in [5.74, 6) is 0.834. The van der Waals surface area contributed by atoms with Crippen LogP contribution in [0.1, 0.15) is 57.8 Å². The van der Waals surface area contributed by atoms with Crippen molar-refractivity contribution >= 4 is 22.9 Å². The lowest BCUT2D eigenvalue weighted by Gasteiger charge is -2.43. The lowest BCUT2D eigenvalue weighted by molar-refractivity contribution is 0.115. The van der Waals surface area contributed by atoms with Crippen LogP contribution in [0.3, 0.4) is 0 Å². The van der Waals surface area contributed by atoms with Crippen LogP contribution in [0.15, 0.2) is 12.1 Å². The summed E-state index contributed by atoms with van der Waals surface area (Å²) >= 11 is 7.68. The van der Waals surface area contributed by atoms with Gasteiger partial charge in [0.15, 0.2) is 0 Å². The van der Waals surface area contributed by atoms with Crippen LogP contribution in [0.25, 0.3) is 0 Å². The van der Waals surface area contributed by atoms with Gasteiger partial charge in [-0.3, -0.25) is 0 Å². The minimum atomic E-state index is -0.00545. The molecule has 0 spiro atoms. The van der Waals surface area contributed by atoms with E-state index in [-0.39, 0.29) is 5.54 Å². The molecule has 1 nitrogen and oxygen atoms in total. The topological polar surface area (TPSA) is 26.0 Å². The quantitative estimate of drug-likeness (QED) is 0.805. The summed E-state index contributed by atoms with van der Waals surface area (Å²) in [6.07, 6.45) is 7.10. The van der Waals surface area contributed by atoms with Gasteiger partial charge in [0, 0.05) is 10.4 Å². The minimum Gasteiger partial charge on any atom is -0.325 e. The molecule has 1 aliphatic carbocycles. The number of hydrogen-bond acceptors (Lipinski definition) is 2. The van der Waals surface area contributed by atoms with E-state index in [0.29, 0.717) is 5.41 Å². The Labute approximate surface area is 126 Å². The van der Waals surface area contributed by atoms with E-state index in [4.69, 9.17) is 17.3 Å². The number of halogens is 1. The van der Waals surface area contributed by atoms with Gasteiger partial charge in [0.1, 0.15) is 0 Å². The van der Waals surface area contributed by atoms with E-state index >= 15 is 0 Å². The molecule has 0 amide bonds. The van der Waals surface area contributed by atoms with E-state index in [0.717, 1.165) is 29.5 Å². The average molecular weight is 300 g/mol. The molecule has 108 valence electrons. The van der Waals surface area contributed by atoms with E-state index in [1.165, 1.54) is 24.1 Å². The van der Waals surface area contributed by atoms with Crippen LogP contribution in [0.2, 0.25) is 4.34 Å². The molecule has 1 aromatic rings. The first-order chi connectivity index (χ1) is 8.85. The molecule has 0 unspecified atom stereocenters. The molecule has 2 N–H and O–H groups in total. The summed E-state index contributed by atoms with van der Waals surface area (Å²) in [6, 6.07) is 4.11. The zero-order valence-corrected chi connectivity index (χ0v) is 13.9. The van der Waals surface area contributed by atoms with Crippen molar-refractivity contribution in [3.05, 3.63) is 21.3 Å². The summed E-state index contributed by atoms with van der Waals surface area (Å²) in [7, 11) is 0. The Morgan fingerprint density at radius 1 is 1.37 bits per heavy atom. The summed E-state index contributed by atoms with van der Waals surface area (Å²) in [4.78, 5) is 1.33. The Hall–Kier alpha value is -0.0500. The fourth-order valence-electron chi connectivity index (χ4n) is 3.23. The third-order valence-corrected chi connectivity index (χ3v) is 6.38. The predicted octanol–water partition coefficient (Wildman–Crippen LogP) is 5.27. The van der Waals surface area contributed by atoms with E-state index in [9.17, 15) is 0 Å². The molecule has 0 radical (unpaired) electrons. The molecule has 3 heteroatoms. The predicted molar refractivity (Wildman–Crippen MR) is 86.0 cm³/mol. The first kappa shape index (κ1) is 15.3. The molecule has 0 aromatic carbocycles. The lowest BCUT2D eigenvalue weighted by Crippen LogP contribution is -2.46. The highest BCUT2D eigenvalue weighted by molar-refractivity contribution is 7.16.